The van der Waals surface area contributed by atoms with Gasteiger partial charge < -0.3 is 9.32 Å². The molecule has 6 heteroatoms. The smallest absolute Gasteiger partial charge is 0.289 e. The van der Waals surface area contributed by atoms with Crippen molar-refractivity contribution < 1.29 is 9.21 Å². The lowest BCUT2D eigenvalue weighted by molar-refractivity contribution is 0.0637. The van der Waals surface area contributed by atoms with Crippen LogP contribution in [0.5, 0.6) is 0 Å². The van der Waals surface area contributed by atoms with Crippen LogP contribution < -0.4 is 0 Å². The van der Waals surface area contributed by atoms with Crippen LogP contribution in [0.15, 0.2) is 28.9 Å². The van der Waals surface area contributed by atoms with Crippen LogP contribution in [0.1, 0.15) is 54.6 Å². The first-order chi connectivity index (χ1) is 12.1. The van der Waals surface area contributed by atoms with E-state index in [0.717, 1.165) is 50.3 Å². The molecule has 136 valence electrons. The molecule has 0 radical (unpaired) electrons. The second-order valence-electron chi connectivity index (χ2n) is 6.77. The minimum atomic E-state index is -0.0145. The summed E-state index contributed by atoms with van der Waals surface area (Å²) < 4.78 is 7.81. The lowest BCUT2D eigenvalue weighted by Crippen LogP contribution is -2.40. The molecule has 25 heavy (non-hydrogen) atoms. The Labute approximate surface area is 149 Å². The number of amides is 1. The first kappa shape index (κ1) is 17.7. The van der Waals surface area contributed by atoms with E-state index in [-0.39, 0.29) is 11.9 Å². The molecule has 1 aliphatic heterocycles. The van der Waals surface area contributed by atoms with Crippen molar-refractivity contribution in [3.05, 3.63) is 41.6 Å². The van der Waals surface area contributed by atoms with Crippen molar-refractivity contribution in [1.29, 1.82) is 0 Å². The Morgan fingerprint density at radius 1 is 1.36 bits per heavy atom. The van der Waals surface area contributed by atoms with E-state index in [0.29, 0.717) is 12.3 Å². The van der Waals surface area contributed by atoms with Gasteiger partial charge in [0.15, 0.2) is 5.76 Å². The summed E-state index contributed by atoms with van der Waals surface area (Å²) in [6.45, 7) is 10.4. The largest absolute Gasteiger partial charge is 0.455 e. The lowest BCUT2D eigenvalue weighted by Gasteiger charge is -2.32. The molecule has 1 unspecified atom stereocenters. The molecule has 0 spiro atoms. The summed E-state index contributed by atoms with van der Waals surface area (Å²) in [4.78, 5) is 17.0. The van der Waals surface area contributed by atoms with E-state index < -0.39 is 0 Å². The molecule has 1 fully saturated rings. The Kier molecular flexibility index (Phi) is 5.58. The van der Waals surface area contributed by atoms with E-state index in [9.17, 15) is 4.79 Å². The molecule has 2 aromatic rings. The van der Waals surface area contributed by atoms with Crippen LogP contribution in [0, 0.1) is 6.92 Å². The van der Waals surface area contributed by atoms with Crippen LogP contribution in [0.25, 0.3) is 0 Å². The fourth-order valence-corrected chi connectivity index (χ4v) is 3.39. The second kappa shape index (κ2) is 7.87. The van der Waals surface area contributed by atoms with Gasteiger partial charge in [0.2, 0.25) is 0 Å². The number of likely N-dealkylation sites (tertiary alicyclic amines) is 1. The van der Waals surface area contributed by atoms with Crippen molar-refractivity contribution in [2.75, 3.05) is 26.2 Å². The van der Waals surface area contributed by atoms with Gasteiger partial charge in [-0.2, -0.15) is 5.10 Å². The monoisotopic (exact) mass is 344 g/mol. The fourth-order valence-electron chi connectivity index (χ4n) is 3.39. The fraction of sp³-hybridized carbons (Fsp3) is 0.579. The molecule has 0 bridgehead atoms. The summed E-state index contributed by atoms with van der Waals surface area (Å²) in [5, 5.41) is 4.41. The number of furan rings is 1. The van der Waals surface area contributed by atoms with Gasteiger partial charge in [-0.1, -0.05) is 13.8 Å². The molecular formula is C19H28N4O2. The number of aromatic nitrogens is 2. The van der Waals surface area contributed by atoms with E-state index in [1.807, 2.05) is 41.0 Å². The molecule has 0 aromatic carbocycles. The third-order valence-corrected chi connectivity index (χ3v) is 4.93. The quantitative estimate of drug-likeness (QED) is 0.808. The van der Waals surface area contributed by atoms with E-state index >= 15 is 0 Å². The molecule has 1 aliphatic rings. The highest BCUT2D eigenvalue weighted by Crippen LogP contribution is 2.23. The normalized spacial score (nSPS) is 18.1. The number of piperidine rings is 1. The summed E-state index contributed by atoms with van der Waals surface area (Å²) in [5.41, 5.74) is 1.15. The van der Waals surface area contributed by atoms with Crippen LogP contribution in [-0.4, -0.2) is 51.7 Å². The van der Waals surface area contributed by atoms with Gasteiger partial charge in [0.1, 0.15) is 5.76 Å². The van der Waals surface area contributed by atoms with E-state index in [1.165, 1.54) is 0 Å². The van der Waals surface area contributed by atoms with Gasteiger partial charge in [-0.05, 0) is 50.6 Å². The SMILES string of the molecule is CCN(CC)Cc1ccc(C(=O)N2CCCC(n3cc(C)cn3)C2)o1. The highest BCUT2D eigenvalue weighted by molar-refractivity contribution is 5.91. The van der Waals surface area contributed by atoms with E-state index in [1.54, 1.807) is 0 Å². The van der Waals surface area contributed by atoms with Gasteiger partial charge in [-0.25, -0.2) is 0 Å². The zero-order valence-corrected chi connectivity index (χ0v) is 15.4. The molecule has 2 aromatic heterocycles. The van der Waals surface area contributed by atoms with Gasteiger partial charge in [-0.15, -0.1) is 0 Å². The first-order valence-electron chi connectivity index (χ1n) is 9.21. The zero-order chi connectivity index (χ0) is 17.8. The predicted octanol–water partition coefficient (Wildman–Crippen LogP) is 3.10. The molecule has 1 atom stereocenters. The molecule has 1 saturated heterocycles. The van der Waals surface area contributed by atoms with Crippen molar-refractivity contribution >= 4 is 5.91 Å². The third-order valence-electron chi connectivity index (χ3n) is 4.93. The number of hydrogen-bond acceptors (Lipinski definition) is 4. The molecule has 1 amide bonds. The molecule has 3 heterocycles. The molecule has 6 nitrogen and oxygen atoms in total. The van der Waals surface area contributed by atoms with E-state index in [2.05, 4.69) is 23.8 Å². The minimum Gasteiger partial charge on any atom is -0.455 e. The third kappa shape index (κ3) is 4.12. The molecule has 3 rings (SSSR count). The Morgan fingerprint density at radius 3 is 2.84 bits per heavy atom. The number of aryl methyl sites for hydroxylation is 1. The lowest BCUT2D eigenvalue weighted by atomic mass is 10.1. The summed E-state index contributed by atoms with van der Waals surface area (Å²) >= 11 is 0. The summed E-state index contributed by atoms with van der Waals surface area (Å²) in [6, 6.07) is 3.98. The number of nitrogens with zero attached hydrogens (tertiary/aromatic N) is 4. The molecular weight excluding hydrogens is 316 g/mol. The van der Waals surface area contributed by atoms with Gasteiger partial charge in [0.25, 0.3) is 5.91 Å². The minimum absolute atomic E-state index is 0.0145. The van der Waals surface area contributed by atoms with Crippen molar-refractivity contribution in [3.63, 3.8) is 0 Å². The van der Waals surface area contributed by atoms with Gasteiger partial charge >= 0.3 is 0 Å². The number of rotatable bonds is 6. The highest BCUT2D eigenvalue weighted by atomic mass is 16.4. The molecule has 0 N–H and O–H groups in total. The van der Waals surface area contributed by atoms with Crippen LogP contribution in [0.3, 0.4) is 0 Å². The van der Waals surface area contributed by atoms with Crippen LogP contribution in [0.4, 0.5) is 0 Å². The Balaban J connectivity index is 1.65. The standard InChI is InChI=1S/C19H28N4O2/c1-4-21(5-2)14-17-8-9-18(25-17)19(24)22-10-6-7-16(13-22)23-12-15(3)11-20-23/h8-9,11-12,16H,4-7,10,13-14H2,1-3H3. The Bertz CT molecular complexity index is 702. The molecule has 0 saturated carbocycles. The average molecular weight is 344 g/mol. The topological polar surface area (TPSA) is 54.5 Å². The average Bonchev–Trinajstić information content (AvgIpc) is 3.28. The Hall–Kier alpha value is -2.08. The highest BCUT2D eigenvalue weighted by Gasteiger charge is 2.27. The van der Waals surface area contributed by atoms with Crippen molar-refractivity contribution in [3.8, 4) is 0 Å². The second-order valence-corrected chi connectivity index (χ2v) is 6.77. The van der Waals surface area contributed by atoms with Crippen LogP contribution in [0.2, 0.25) is 0 Å². The van der Waals surface area contributed by atoms with Crippen LogP contribution in [-0.2, 0) is 6.54 Å². The zero-order valence-electron chi connectivity index (χ0n) is 15.4. The number of carbonyl (C=O) groups excluding carboxylic acids is 1. The maximum absolute atomic E-state index is 12.8. The number of hydrogen-bond donors (Lipinski definition) is 0. The number of carbonyl (C=O) groups is 1. The summed E-state index contributed by atoms with van der Waals surface area (Å²) in [6.07, 6.45) is 5.96. The van der Waals surface area contributed by atoms with Gasteiger partial charge in [0.05, 0.1) is 18.8 Å². The summed E-state index contributed by atoms with van der Waals surface area (Å²) in [5.74, 6) is 1.28. The van der Waals surface area contributed by atoms with Crippen LogP contribution >= 0.6 is 0 Å². The van der Waals surface area contributed by atoms with E-state index in [4.69, 9.17) is 4.42 Å². The van der Waals surface area contributed by atoms with Crippen molar-refractivity contribution in [2.45, 2.75) is 46.2 Å². The van der Waals surface area contributed by atoms with Crippen molar-refractivity contribution in [1.82, 2.24) is 19.6 Å². The maximum atomic E-state index is 12.8. The van der Waals surface area contributed by atoms with Gasteiger partial charge in [-0.3, -0.25) is 14.4 Å². The maximum Gasteiger partial charge on any atom is 0.289 e. The summed E-state index contributed by atoms with van der Waals surface area (Å²) in [7, 11) is 0. The predicted molar refractivity (Wildman–Crippen MR) is 96.5 cm³/mol. The van der Waals surface area contributed by atoms with Crippen molar-refractivity contribution in [2.24, 2.45) is 0 Å². The Morgan fingerprint density at radius 2 is 2.16 bits per heavy atom. The van der Waals surface area contributed by atoms with Gasteiger partial charge in [0, 0.05) is 19.3 Å². The molecule has 0 aliphatic carbocycles. The first-order valence-corrected chi connectivity index (χ1v) is 9.21.